The Kier molecular flexibility index (Phi) is 2.56. The average molecular weight is 261 g/mol. The maximum absolute atomic E-state index is 4.51. The van der Waals surface area contributed by atoms with Crippen LogP contribution in [0.15, 0.2) is 66.9 Å². The van der Waals surface area contributed by atoms with E-state index in [1.165, 1.54) is 10.9 Å². The van der Waals surface area contributed by atoms with Gasteiger partial charge in [-0.3, -0.25) is 5.10 Å². The third-order valence-electron chi connectivity index (χ3n) is 3.81. The largest absolute Gasteiger partial charge is 0.324 e. The zero-order valence-corrected chi connectivity index (χ0v) is 11.0. The Labute approximate surface area is 117 Å². The van der Waals surface area contributed by atoms with Crippen LogP contribution in [0.4, 0.5) is 0 Å². The summed E-state index contributed by atoms with van der Waals surface area (Å²) in [5.74, 6) is 0. The van der Waals surface area contributed by atoms with Crippen LogP contribution in [0, 0.1) is 0 Å². The quantitative estimate of drug-likeness (QED) is 0.740. The molecule has 1 aromatic carbocycles. The van der Waals surface area contributed by atoms with Crippen LogP contribution < -0.4 is 0 Å². The van der Waals surface area contributed by atoms with E-state index in [4.69, 9.17) is 0 Å². The van der Waals surface area contributed by atoms with E-state index < -0.39 is 0 Å². The number of benzene rings is 1. The van der Waals surface area contributed by atoms with E-state index in [9.17, 15) is 0 Å². The van der Waals surface area contributed by atoms with Crippen LogP contribution in [0.5, 0.6) is 0 Å². The highest BCUT2D eigenvalue weighted by atomic mass is 15.2. The van der Waals surface area contributed by atoms with Gasteiger partial charge in [-0.25, -0.2) is 0 Å². The minimum absolute atomic E-state index is 0.365. The number of aromatic nitrogens is 3. The summed E-state index contributed by atoms with van der Waals surface area (Å²) >= 11 is 0. The lowest BCUT2D eigenvalue weighted by molar-refractivity contribution is 0.623. The van der Waals surface area contributed by atoms with Gasteiger partial charge in [-0.05, 0) is 12.5 Å². The first-order valence-corrected chi connectivity index (χ1v) is 6.87. The summed E-state index contributed by atoms with van der Waals surface area (Å²) in [6.07, 6.45) is 11.8. The van der Waals surface area contributed by atoms with E-state index in [0.717, 1.165) is 17.8 Å². The van der Waals surface area contributed by atoms with Crippen molar-refractivity contribution in [3.8, 4) is 11.3 Å². The molecule has 0 aliphatic heterocycles. The Hall–Kier alpha value is -2.55. The van der Waals surface area contributed by atoms with Crippen molar-refractivity contribution < 1.29 is 0 Å². The number of nitrogens with one attached hydrogen (secondary N) is 1. The van der Waals surface area contributed by atoms with Gasteiger partial charge < -0.3 is 4.57 Å². The Morgan fingerprint density at radius 2 is 2.00 bits per heavy atom. The molecule has 1 aliphatic rings. The Morgan fingerprint density at radius 1 is 1.10 bits per heavy atom. The second kappa shape index (κ2) is 4.53. The molecule has 0 radical (unpaired) electrons. The third-order valence-corrected chi connectivity index (χ3v) is 3.81. The third kappa shape index (κ3) is 1.71. The van der Waals surface area contributed by atoms with E-state index in [1.54, 1.807) is 0 Å². The molecule has 0 bridgehead atoms. The molecule has 2 heterocycles. The fourth-order valence-corrected chi connectivity index (χ4v) is 2.79. The van der Waals surface area contributed by atoms with E-state index in [-0.39, 0.29) is 0 Å². The van der Waals surface area contributed by atoms with Gasteiger partial charge in [-0.2, -0.15) is 5.10 Å². The summed E-state index contributed by atoms with van der Waals surface area (Å²) in [6.45, 7) is 0. The number of hydrogen-bond donors (Lipinski definition) is 1. The molecule has 1 aliphatic carbocycles. The molecule has 3 nitrogen and oxygen atoms in total. The monoisotopic (exact) mass is 261 g/mol. The van der Waals surface area contributed by atoms with Crippen molar-refractivity contribution in [1.29, 1.82) is 0 Å². The number of hydrogen-bond acceptors (Lipinski definition) is 1. The van der Waals surface area contributed by atoms with Crippen molar-refractivity contribution in [3.63, 3.8) is 0 Å². The summed E-state index contributed by atoms with van der Waals surface area (Å²) in [4.78, 5) is 0. The van der Waals surface area contributed by atoms with Crippen LogP contribution in [-0.4, -0.2) is 14.8 Å². The van der Waals surface area contributed by atoms with Gasteiger partial charge in [0.2, 0.25) is 0 Å². The Bertz CT molecular complexity index is 790. The normalized spacial score (nSPS) is 17.9. The second-order valence-corrected chi connectivity index (χ2v) is 5.04. The highest BCUT2D eigenvalue weighted by Crippen LogP contribution is 2.30. The fourth-order valence-electron chi connectivity index (χ4n) is 2.79. The summed E-state index contributed by atoms with van der Waals surface area (Å²) in [6, 6.07) is 12.8. The van der Waals surface area contributed by atoms with Crippen molar-refractivity contribution in [3.05, 3.63) is 66.9 Å². The first-order chi connectivity index (χ1) is 9.93. The molecule has 0 fully saturated rings. The van der Waals surface area contributed by atoms with Gasteiger partial charge in [-0.15, -0.1) is 0 Å². The van der Waals surface area contributed by atoms with E-state index in [2.05, 4.69) is 63.5 Å². The van der Waals surface area contributed by atoms with Gasteiger partial charge in [0.05, 0.1) is 11.7 Å². The second-order valence-electron chi connectivity index (χ2n) is 5.04. The lowest BCUT2D eigenvalue weighted by Crippen LogP contribution is -2.05. The predicted molar refractivity (Wildman–Crippen MR) is 81.5 cm³/mol. The molecule has 0 saturated heterocycles. The van der Waals surface area contributed by atoms with Gasteiger partial charge in [0.1, 0.15) is 0 Å². The van der Waals surface area contributed by atoms with E-state index in [1.807, 2.05) is 18.2 Å². The lowest BCUT2D eigenvalue weighted by Gasteiger charge is -2.14. The lowest BCUT2D eigenvalue weighted by atomic mass is 10.1. The molecule has 0 amide bonds. The molecule has 4 rings (SSSR count). The molecule has 3 aromatic rings. The first kappa shape index (κ1) is 11.3. The highest BCUT2D eigenvalue weighted by molar-refractivity contribution is 5.91. The molecule has 98 valence electrons. The summed E-state index contributed by atoms with van der Waals surface area (Å²) in [7, 11) is 0. The maximum atomic E-state index is 4.51. The fraction of sp³-hybridized carbons (Fsp3) is 0.118. The topological polar surface area (TPSA) is 33.6 Å². The van der Waals surface area contributed by atoms with Crippen LogP contribution >= 0.6 is 0 Å². The zero-order chi connectivity index (χ0) is 13.4. The van der Waals surface area contributed by atoms with Gasteiger partial charge in [0.15, 0.2) is 5.65 Å². The van der Waals surface area contributed by atoms with Crippen LogP contribution in [0.3, 0.4) is 0 Å². The molecular weight excluding hydrogens is 246 g/mol. The molecule has 20 heavy (non-hydrogen) atoms. The molecular formula is C17H15N3. The van der Waals surface area contributed by atoms with E-state index >= 15 is 0 Å². The van der Waals surface area contributed by atoms with E-state index in [0.29, 0.717) is 6.04 Å². The minimum Gasteiger partial charge on any atom is -0.324 e. The Morgan fingerprint density at radius 3 is 2.80 bits per heavy atom. The Balaban J connectivity index is 1.82. The van der Waals surface area contributed by atoms with Crippen molar-refractivity contribution in [2.45, 2.75) is 12.5 Å². The van der Waals surface area contributed by atoms with Crippen molar-refractivity contribution in [2.24, 2.45) is 0 Å². The first-order valence-electron chi connectivity index (χ1n) is 6.87. The molecule has 1 unspecified atom stereocenters. The van der Waals surface area contributed by atoms with Gasteiger partial charge in [0.25, 0.3) is 0 Å². The standard InChI is InChI=1S/C17H15N3/c1-3-7-13(8-4-1)16-15-11-12-20(17(15)19-18-16)14-9-5-2-6-10-14/h1-9,11-12,14H,10H2,(H,18,19). The van der Waals surface area contributed by atoms with Gasteiger partial charge in [-0.1, -0.05) is 54.6 Å². The maximum Gasteiger partial charge on any atom is 0.162 e. The molecule has 1 N–H and O–H groups in total. The molecule has 2 aromatic heterocycles. The van der Waals surface area contributed by atoms with Crippen LogP contribution in [0.25, 0.3) is 22.3 Å². The number of rotatable bonds is 2. The summed E-state index contributed by atoms with van der Waals surface area (Å²) < 4.78 is 2.23. The summed E-state index contributed by atoms with van der Waals surface area (Å²) in [5.41, 5.74) is 3.29. The van der Waals surface area contributed by atoms with Crippen molar-refractivity contribution in [1.82, 2.24) is 14.8 Å². The number of nitrogens with zero attached hydrogens (tertiary/aromatic N) is 2. The van der Waals surface area contributed by atoms with Gasteiger partial charge >= 0.3 is 0 Å². The number of H-pyrrole nitrogens is 1. The van der Waals surface area contributed by atoms with Crippen LogP contribution in [0.1, 0.15) is 12.5 Å². The van der Waals surface area contributed by atoms with Gasteiger partial charge in [0, 0.05) is 17.1 Å². The van der Waals surface area contributed by atoms with Crippen LogP contribution in [-0.2, 0) is 0 Å². The highest BCUT2D eigenvalue weighted by Gasteiger charge is 2.15. The number of fused-ring (bicyclic) bond motifs is 1. The molecule has 3 heteroatoms. The molecule has 0 saturated carbocycles. The number of allylic oxidation sites excluding steroid dienone is 4. The molecule has 1 atom stereocenters. The molecule has 0 spiro atoms. The average Bonchev–Trinajstić information content (AvgIpc) is 3.10. The number of aromatic amines is 1. The predicted octanol–water partition coefficient (Wildman–Crippen LogP) is 4.09. The smallest absolute Gasteiger partial charge is 0.162 e. The zero-order valence-electron chi connectivity index (χ0n) is 11.0. The summed E-state index contributed by atoms with van der Waals surface area (Å²) in [5, 5.41) is 8.87. The SMILES string of the molecule is C1=CCC(n2ccc3c(-c4ccccc4)[nH]nc32)C=C1. The van der Waals surface area contributed by atoms with Crippen LogP contribution in [0.2, 0.25) is 0 Å². The van der Waals surface area contributed by atoms with Crippen molar-refractivity contribution >= 4 is 11.0 Å². The minimum atomic E-state index is 0.365. The van der Waals surface area contributed by atoms with Crippen molar-refractivity contribution in [2.75, 3.05) is 0 Å².